The summed E-state index contributed by atoms with van der Waals surface area (Å²) in [7, 11) is 0. The van der Waals surface area contributed by atoms with Crippen LogP contribution in [-0.2, 0) is 6.54 Å². The summed E-state index contributed by atoms with van der Waals surface area (Å²) in [4.78, 5) is 9.01. The molecule has 0 bridgehead atoms. The predicted molar refractivity (Wildman–Crippen MR) is 120 cm³/mol. The second-order valence-electron chi connectivity index (χ2n) is 6.63. The Morgan fingerprint density at radius 2 is 1.96 bits per heavy atom. The Balaban J connectivity index is 1.71. The highest BCUT2D eigenvalue weighted by Gasteiger charge is 2.24. The Labute approximate surface area is 171 Å². The fraction of sp³-hybridized carbons (Fsp3) is 0.217. The fourth-order valence-corrected chi connectivity index (χ4v) is 3.39. The van der Waals surface area contributed by atoms with E-state index in [1.54, 1.807) is 11.8 Å². The SMILES string of the molecule is C=C(N=C(C)SC)c1cccc(CN2CCN(c3ccc(C#N)cc3)C2=C)c1. The van der Waals surface area contributed by atoms with Crippen LogP contribution < -0.4 is 4.90 Å². The first-order valence-electron chi connectivity index (χ1n) is 9.11. The fourth-order valence-electron chi connectivity index (χ4n) is 3.18. The highest BCUT2D eigenvalue weighted by molar-refractivity contribution is 8.13. The van der Waals surface area contributed by atoms with E-state index in [9.17, 15) is 0 Å². The monoisotopic (exact) mass is 388 g/mol. The van der Waals surface area contributed by atoms with Gasteiger partial charge in [-0.1, -0.05) is 31.4 Å². The van der Waals surface area contributed by atoms with Crippen molar-refractivity contribution in [3.05, 3.63) is 84.2 Å². The lowest BCUT2D eigenvalue weighted by molar-refractivity contribution is 0.392. The second kappa shape index (κ2) is 8.81. The molecule has 5 heteroatoms. The van der Waals surface area contributed by atoms with Crippen molar-refractivity contribution in [2.24, 2.45) is 4.99 Å². The van der Waals surface area contributed by atoms with Crippen molar-refractivity contribution in [3.63, 3.8) is 0 Å². The zero-order valence-corrected chi connectivity index (χ0v) is 17.2. The lowest BCUT2D eigenvalue weighted by atomic mass is 10.1. The summed E-state index contributed by atoms with van der Waals surface area (Å²) in [6.07, 6.45) is 2.02. The van der Waals surface area contributed by atoms with E-state index in [0.717, 1.165) is 47.4 Å². The van der Waals surface area contributed by atoms with Gasteiger partial charge in [0, 0.05) is 25.3 Å². The summed E-state index contributed by atoms with van der Waals surface area (Å²) >= 11 is 1.62. The van der Waals surface area contributed by atoms with Gasteiger partial charge in [-0.25, -0.2) is 4.99 Å². The van der Waals surface area contributed by atoms with E-state index in [1.807, 2.05) is 43.5 Å². The Kier molecular flexibility index (Phi) is 6.23. The van der Waals surface area contributed by atoms with Gasteiger partial charge in [-0.15, -0.1) is 11.8 Å². The first-order chi connectivity index (χ1) is 13.5. The molecule has 4 nitrogen and oxygen atoms in total. The highest BCUT2D eigenvalue weighted by atomic mass is 32.2. The molecule has 1 saturated heterocycles. The van der Waals surface area contributed by atoms with Crippen LogP contribution in [0.4, 0.5) is 5.69 Å². The van der Waals surface area contributed by atoms with Crippen molar-refractivity contribution in [3.8, 4) is 6.07 Å². The van der Waals surface area contributed by atoms with Crippen molar-refractivity contribution in [1.29, 1.82) is 5.26 Å². The summed E-state index contributed by atoms with van der Waals surface area (Å²) in [6.45, 7) is 13.0. The van der Waals surface area contributed by atoms with Gasteiger partial charge in [-0.2, -0.15) is 5.26 Å². The molecule has 3 rings (SSSR count). The first-order valence-corrected chi connectivity index (χ1v) is 10.3. The smallest absolute Gasteiger partial charge is 0.101 e. The maximum atomic E-state index is 8.97. The molecule has 0 N–H and O–H groups in total. The van der Waals surface area contributed by atoms with Crippen LogP contribution in [0, 0.1) is 11.3 Å². The summed E-state index contributed by atoms with van der Waals surface area (Å²) in [6, 6.07) is 18.2. The standard InChI is InChI=1S/C23H24N4S/c1-17(25-18(2)28-4)22-7-5-6-21(14-22)16-26-12-13-27(19(26)3)23-10-8-20(15-24)9-11-23/h5-11,14H,1,3,12-13,16H2,2,4H3. The van der Waals surface area contributed by atoms with Gasteiger partial charge in [-0.3, -0.25) is 0 Å². The van der Waals surface area contributed by atoms with Crippen LogP contribution in [0.2, 0.25) is 0 Å². The molecule has 1 fully saturated rings. The predicted octanol–water partition coefficient (Wildman–Crippen LogP) is 5.10. The van der Waals surface area contributed by atoms with Crippen molar-refractivity contribution in [2.75, 3.05) is 24.2 Å². The quantitative estimate of drug-likeness (QED) is 0.528. The van der Waals surface area contributed by atoms with E-state index in [0.29, 0.717) is 5.56 Å². The van der Waals surface area contributed by atoms with Crippen molar-refractivity contribution in [1.82, 2.24) is 4.90 Å². The number of thioether (sulfide) groups is 1. The zero-order valence-electron chi connectivity index (χ0n) is 16.4. The minimum absolute atomic E-state index is 0.668. The summed E-state index contributed by atoms with van der Waals surface area (Å²) in [5.41, 5.74) is 4.77. The van der Waals surface area contributed by atoms with Gasteiger partial charge in [0.1, 0.15) is 5.82 Å². The van der Waals surface area contributed by atoms with Crippen LogP contribution in [0.25, 0.3) is 5.70 Å². The summed E-state index contributed by atoms with van der Waals surface area (Å²) in [5, 5.41) is 9.97. The highest BCUT2D eigenvalue weighted by Crippen LogP contribution is 2.27. The van der Waals surface area contributed by atoms with E-state index in [2.05, 4.69) is 52.2 Å². The topological polar surface area (TPSA) is 42.6 Å². The Morgan fingerprint density at radius 3 is 2.64 bits per heavy atom. The van der Waals surface area contributed by atoms with Gasteiger partial charge in [0.2, 0.25) is 0 Å². The molecule has 142 valence electrons. The summed E-state index contributed by atoms with van der Waals surface area (Å²) < 4.78 is 0. The molecule has 0 radical (unpaired) electrons. The van der Waals surface area contributed by atoms with E-state index >= 15 is 0 Å². The third-order valence-electron chi connectivity index (χ3n) is 4.80. The molecule has 0 unspecified atom stereocenters. The Bertz CT molecular complexity index is 953. The van der Waals surface area contributed by atoms with Crippen molar-refractivity contribution < 1.29 is 0 Å². The minimum atomic E-state index is 0.668. The average Bonchev–Trinajstić information content (AvgIpc) is 3.08. The number of nitrogens with zero attached hydrogens (tertiary/aromatic N) is 4. The third-order valence-corrected chi connectivity index (χ3v) is 5.48. The number of anilines is 1. The Hall–Kier alpha value is -2.97. The van der Waals surface area contributed by atoms with E-state index in [1.165, 1.54) is 5.56 Å². The van der Waals surface area contributed by atoms with Crippen LogP contribution in [0.5, 0.6) is 0 Å². The Morgan fingerprint density at radius 1 is 1.21 bits per heavy atom. The largest absolute Gasteiger partial charge is 0.352 e. The molecular weight excluding hydrogens is 364 g/mol. The molecule has 0 spiro atoms. The number of hydrogen-bond donors (Lipinski definition) is 0. The molecule has 1 aliphatic heterocycles. The normalized spacial score (nSPS) is 14.3. The lowest BCUT2D eigenvalue weighted by Gasteiger charge is -2.24. The molecule has 0 aromatic heterocycles. The van der Waals surface area contributed by atoms with Gasteiger partial charge in [-0.05, 0) is 54.6 Å². The molecular formula is C23H24N4S. The van der Waals surface area contributed by atoms with Gasteiger partial charge in [0.25, 0.3) is 0 Å². The molecule has 1 heterocycles. The van der Waals surface area contributed by atoms with Gasteiger partial charge in [0.05, 0.1) is 22.4 Å². The van der Waals surface area contributed by atoms with E-state index < -0.39 is 0 Å². The number of hydrogen-bond acceptors (Lipinski definition) is 5. The molecule has 0 atom stereocenters. The third kappa shape index (κ3) is 4.47. The van der Waals surface area contributed by atoms with Crippen LogP contribution in [0.3, 0.4) is 0 Å². The van der Waals surface area contributed by atoms with Crippen LogP contribution in [0.1, 0.15) is 23.6 Å². The molecule has 2 aromatic rings. The molecule has 28 heavy (non-hydrogen) atoms. The van der Waals surface area contributed by atoms with E-state index in [-0.39, 0.29) is 0 Å². The lowest BCUT2D eigenvalue weighted by Crippen LogP contribution is -2.21. The zero-order chi connectivity index (χ0) is 20.1. The molecule has 2 aromatic carbocycles. The van der Waals surface area contributed by atoms with E-state index in [4.69, 9.17) is 5.26 Å². The second-order valence-corrected chi connectivity index (χ2v) is 7.63. The number of rotatable bonds is 5. The minimum Gasteiger partial charge on any atom is -0.352 e. The average molecular weight is 389 g/mol. The molecule has 0 amide bonds. The van der Waals surface area contributed by atoms with Crippen molar-refractivity contribution >= 4 is 28.2 Å². The molecule has 0 aliphatic carbocycles. The maximum absolute atomic E-state index is 8.97. The van der Waals surface area contributed by atoms with Gasteiger partial charge >= 0.3 is 0 Å². The van der Waals surface area contributed by atoms with Crippen LogP contribution in [0.15, 0.2) is 72.5 Å². The van der Waals surface area contributed by atoms with Gasteiger partial charge < -0.3 is 9.80 Å². The first kappa shape index (κ1) is 19.8. The molecule has 1 aliphatic rings. The van der Waals surface area contributed by atoms with Gasteiger partial charge in [0.15, 0.2) is 0 Å². The maximum Gasteiger partial charge on any atom is 0.101 e. The number of nitriles is 1. The number of benzene rings is 2. The van der Waals surface area contributed by atoms with Crippen molar-refractivity contribution in [2.45, 2.75) is 13.5 Å². The van der Waals surface area contributed by atoms with Crippen LogP contribution >= 0.6 is 11.8 Å². The molecule has 0 saturated carbocycles. The summed E-state index contributed by atoms with van der Waals surface area (Å²) in [5.74, 6) is 0.977. The van der Waals surface area contributed by atoms with Crippen LogP contribution in [-0.4, -0.2) is 29.3 Å². The number of aliphatic imine (C=N–C) groups is 1.